The number of primary sulfonamides is 1. The van der Waals surface area contributed by atoms with Crippen LogP contribution in [-0.4, -0.2) is 24.6 Å². The normalized spacial score (nSPS) is 11.6. The van der Waals surface area contributed by atoms with Crippen molar-refractivity contribution in [2.45, 2.75) is 24.9 Å². The van der Waals surface area contributed by atoms with Gasteiger partial charge in [-0.05, 0) is 18.2 Å². The van der Waals surface area contributed by atoms with Crippen molar-refractivity contribution in [3.63, 3.8) is 0 Å². The number of aryl methyl sites for hydroxylation is 1. The van der Waals surface area contributed by atoms with Crippen molar-refractivity contribution in [1.29, 1.82) is 0 Å². The zero-order valence-electron chi connectivity index (χ0n) is 11.5. The number of ether oxygens (including phenoxy) is 1. The van der Waals surface area contributed by atoms with Crippen molar-refractivity contribution < 1.29 is 13.2 Å². The molecule has 114 valence electrons. The minimum Gasteiger partial charge on any atom is -0.492 e. The second-order valence-corrected chi connectivity index (χ2v) is 6.82. The lowest BCUT2D eigenvalue weighted by Gasteiger charge is -2.08. The number of rotatable bonds is 6. The van der Waals surface area contributed by atoms with Crippen LogP contribution in [0.5, 0.6) is 5.75 Å². The maximum atomic E-state index is 11.3. The molecule has 0 aliphatic rings. The van der Waals surface area contributed by atoms with E-state index in [1.807, 2.05) is 31.2 Å². The fourth-order valence-electron chi connectivity index (χ4n) is 1.86. The molecule has 0 amide bonds. The number of hydrogen-bond donors (Lipinski definition) is 1. The monoisotopic (exact) mass is 373 g/mol. The third-order valence-corrected chi connectivity index (χ3v) is 4.11. The molecule has 1 aromatic carbocycles. The van der Waals surface area contributed by atoms with Crippen molar-refractivity contribution in [1.82, 2.24) is 9.55 Å². The highest BCUT2D eigenvalue weighted by Crippen LogP contribution is 2.18. The van der Waals surface area contributed by atoms with Crippen molar-refractivity contribution in [3.05, 3.63) is 40.8 Å². The SMILES string of the molecule is CCc1nc(S(N)(=O)=O)cn1CCOc1cccc(Br)c1. The molecule has 0 fully saturated rings. The van der Waals surface area contributed by atoms with E-state index in [1.165, 1.54) is 6.20 Å². The van der Waals surface area contributed by atoms with Gasteiger partial charge in [-0.1, -0.05) is 28.9 Å². The van der Waals surface area contributed by atoms with E-state index in [0.717, 1.165) is 10.2 Å². The fourth-order valence-corrected chi connectivity index (χ4v) is 2.74. The first-order chi connectivity index (χ1) is 9.90. The first-order valence-corrected chi connectivity index (χ1v) is 8.71. The summed E-state index contributed by atoms with van der Waals surface area (Å²) in [6, 6.07) is 7.52. The highest BCUT2D eigenvalue weighted by atomic mass is 79.9. The molecular weight excluding hydrogens is 358 g/mol. The number of sulfonamides is 1. The third-order valence-electron chi connectivity index (χ3n) is 2.84. The summed E-state index contributed by atoms with van der Waals surface area (Å²) in [7, 11) is -3.78. The lowest BCUT2D eigenvalue weighted by molar-refractivity contribution is 0.296. The molecule has 0 aliphatic carbocycles. The predicted octanol–water partition coefficient (Wildman–Crippen LogP) is 1.93. The Hall–Kier alpha value is -1.38. The predicted molar refractivity (Wildman–Crippen MR) is 82.6 cm³/mol. The molecule has 0 atom stereocenters. The molecule has 8 heteroatoms. The maximum Gasteiger partial charge on any atom is 0.257 e. The molecule has 0 spiro atoms. The molecule has 0 radical (unpaired) electrons. The van der Waals surface area contributed by atoms with Crippen LogP contribution in [0.25, 0.3) is 0 Å². The average molecular weight is 374 g/mol. The molecule has 1 aromatic heterocycles. The van der Waals surface area contributed by atoms with E-state index in [4.69, 9.17) is 9.88 Å². The van der Waals surface area contributed by atoms with E-state index in [9.17, 15) is 8.42 Å². The first kappa shape index (κ1) is 16.0. The number of nitrogens with zero attached hydrogens (tertiary/aromatic N) is 2. The van der Waals surface area contributed by atoms with Crippen LogP contribution >= 0.6 is 15.9 Å². The van der Waals surface area contributed by atoms with E-state index < -0.39 is 10.0 Å². The van der Waals surface area contributed by atoms with Gasteiger partial charge in [0.1, 0.15) is 18.2 Å². The van der Waals surface area contributed by atoms with Crippen LogP contribution < -0.4 is 9.88 Å². The van der Waals surface area contributed by atoms with Gasteiger partial charge in [-0.25, -0.2) is 18.5 Å². The number of halogens is 1. The molecule has 2 rings (SSSR count). The topological polar surface area (TPSA) is 87.2 Å². The summed E-state index contributed by atoms with van der Waals surface area (Å²) in [4.78, 5) is 4.03. The third kappa shape index (κ3) is 4.29. The molecule has 21 heavy (non-hydrogen) atoms. The average Bonchev–Trinajstić information content (AvgIpc) is 2.82. The van der Waals surface area contributed by atoms with Crippen molar-refractivity contribution in [2.24, 2.45) is 5.14 Å². The summed E-state index contributed by atoms with van der Waals surface area (Å²) in [5.41, 5.74) is 0. The van der Waals surface area contributed by atoms with Gasteiger partial charge in [0.2, 0.25) is 0 Å². The smallest absolute Gasteiger partial charge is 0.257 e. The summed E-state index contributed by atoms with van der Waals surface area (Å²) in [6.45, 7) is 2.81. The Labute approximate surface area is 132 Å². The van der Waals surface area contributed by atoms with Crippen LogP contribution in [0.3, 0.4) is 0 Å². The molecule has 0 saturated heterocycles. The minimum atomic E-state index is -3.78. The van der Waals surface area contributed by atoms with Gasteiger partial charge in [-0.3, -0.25) is 0 Å². The number of nitrogens with two attached hydrogens (primary N) is 1. The van der Waals surface area contributed by atoms with E-state index in [2.05, 4.69) is 20.9 Å². The molecule has 2 aromatic rings. The lowest BCUT2D eigenvalue weighted by atomic mass is 10.3. The number of aromatic nitrogens is 2. The zero-order valence-corrected chi connectivity index (χ0v) is 13.9. The molecule has 1 heterocycles. The second kappa shape index (κ2) is 6.59. The van der Waals surface area contributed by atoms with Crippen LogP contribution in [0.15, 0.2) is 40.0 Å². The quantitative estimate of drug-likeness (QED) is 0.837. The Morgan fingerprint density at radius 1 is 1.43 bits per heavy atom. The minimum absolute atomic E-state index is 0.109. The van der Waals surface area contributed by atoms with Gasteiger partial charge in [-0.15, -0.1) is 0 Å². The van der Waals surface area contributed by atoms with Gasteiger partial charge in [0.25, 0.3) is 10.0 Å². The zero-order chi connectivity index (χ0) is 15.5. The van der Waals surface area contributed by atoms with Crippen LogP contribution in [0.1, 0.15) is 12.7 Å². The summed E-state index contributed by atoms with van der Waals surface area (Å²) in [5.74, 6) is 1.41. The van der Waals surface area contributed by atoms with Gasteiger partial charge in [0.15, 0.2) is 5.03 Å². The molecule has 0 saturated carbocycles. The Morgan fingerprint density at radius 2 is 2.19 bits per heavy atom. The highest BCUT2D eigenvalue weighted by Gasteiger charge is 2.15. The van der Waals surface area contributed by atoms with Crippen LogP contribution in [0.4, 0.5) is 0 Å². The number of benzene rings is 1. The van der Waals surface area contributed by atoms with E-state index in [-0.39, 0.29) is 5.03 Å². The fraction of sp³-hybridized carbons (Fsp3) is 0.308. The van der Waals surface area contributed by atoms with Crippen LogP contribution in [-0.2, 0) is 23.0 Å². The van der Waals surface area contributed by atoms with Gasteiger partial charge in [-0.2, -0.15) is 0 Å². The Bertz CT molecular complexity index is 728. The Balaban J connectivity index is 2.04. The Morgan fingerprint density at radius 3 is 2.81 bits per heavy atom. The van der Waals surface area contributed by atoms with Gasteiger partial charge in [0.05, 0.1) is 6.54 Å². The molecule has 2 N–H and O–H groups in total. The first-order valence-electron chi connectivity index (χ1n) is 6.37. The summed E-state index contributed by atoms with van der Waals surface area (Å²) in [6.07, 6.45) is 2.06. The molecule has 0 unspecified atom stereocenters. The molecule has 0 bridgehead atoms. The lowest BCUT2D eigenvalue weighted by Crippen LogP contribution is -2.12. The van der Waals surface area contributed by atoms with Gasteiger partial charge < -0.3 is 9.30 Å². The largest absolute Gasteiger partial charge is 0.492 e. The molecule has 6 nitrogen and oxygen atoms in total. The van der Waals surface area contributed by atoms with E-state index >= 15 is 0 Å². The van der Waals surface area contributed by atoms with Crippen molar-refractivity contribution in [3.8, 4) is 5.75 Å². The van der Waals surface area contributed by atoms with Gasteiger partial charge >= 0.3 is 0 Å². The molecular formula is C13H16BrN3O3S. The van der Waals surface area contributed by atoms with E-state index in [1.54, 1.807) is 4.57 Å². The van der Waals surface area contributed by atoms with Crippen LogP contribution in [0, 0.1) is 0 Å². The Kier molecular flexibility index (Phi) is 5.02. The maximum absolute atomic E-state index is 11.3. The summed E-state index contributed by atoms with van der Waals surface area (Å²) < 4.78 is 30.9. The van der Waals surface area contributed by atoms with Crippen molar-refractivity contribution in [2.75, 3.05) is 6.61 Å². The number of imidazole rings is 1. The standard InChI is InChI=1S/C13H16BrN3O3S/c1-2-12-16-13(21(15,18)19)9-17(12)6-7-20-11-5-3-4-10(14)8-11/h3-5,8-9H,2,6-7H2,1H3,(H2,15,18,19). The second-order valence-electron chi connectivity index (χ2n) is 4.39. The molecule has 0 aliphatic heterocycles. The van der Waals surface area contributed by atoms with Crippen molar-refractivity contribution >= 4 is 26.0 Å². The van der Waals surface area contributed by atoms with Crippen LogP contribution in [0.2, 0.25) is 0 Å². The summed E-state index contributed by atoms with van der Waals surface area (Å²) >= 11 is 3.37. The summed E-state index contributed by atoms with van der Waals surface area (Å²) in [5, 5.41) is 4.98. The number of hydrogen-bond acceptors (Lipinski definition) is 4. The van der Waals surface area contributed by atoms with Gasteiger partial charge in [0, 0.05) is 17.1 Å². The highest BCUT2D eigenvalue weighted by molar-refractivity contribution is 9.10. The van der Waals surface area contributed by atoms with E-state index in [0.29, 0.717) is 25.4 Å².